The molecular weight excluding hydrogens is 312 g/mol. The highest BCUT2D eigenvalue weighted by Gasteiger charge is 2.15. The first-order chi connectivity index (χ1) is 12.2. The van der Waals surface area contributed by atoms with Crippen molar-refractivity contribution in [3.05, 3.63) is 66.7 Å². The highest BCUT2D eigenvalue weighted by Crippen LogP contribution is 2.25. The zero-order valence-corrected chi connectivity index (χ0v) is 14.5. The Bertz CT molecular complexity index is 876. The van der Waals surface area contributed by atoms with E-state index in [1.54, 1.807) is 0 Å². The van der Waals surface area contributed by atoms with E-state index in [0.717, 1.165) is 27.9 Å². The minimum absolute atomic E-state index is 0.0958. The van der Waals surface area contributed by atoms with E-state index in [1.165, 1.54) is 0 Å². The van der Waals surface area contributed by atoms with Gasteiger partial charge in [-0.1, -0.05) is 42.5 Å². The minimum atomic E-state index is -0.395. The van der Waals surface area contributed by atoms with Crippen molar-refractivity contribution in [3.8, 4) is 5.75 Å². The van der Waals surface area contributed by atoms with Crippen LogP contribution in [0.25, 0.3) is 10.8 Å². The number of rotatable bonds is 6. The number of benzene rings is 3. The van der Waals surface area contributed by atoms with Gasteiger partial charge in [0.2, 0.25) is 5.91 Å². The molecule has 1 atom stereocenters. The molecule has 0 spiro atoms. The third-order valence-corrected chi connectivity index (χ3v) is 3.97. The molecule has 1 amide bonds. The predicted molar refractivity (Wildman–Crippen MR) is 103 cm³/mol. The second-order valence-corrected chi connectivity index (χ2v) is 5.85. The number of para-hydroxylation sites is 2. The van der Waals surface area contributed by atoms with Crippen LogP contribution in [0, 0.1) is 0 Å². The monoisotopic (exact) mass is 334 g/mol. The Morgan fingerprint density at radius 3 is 2.52 bits per heavy atom. The number of hydrogen-bond donors (Lipinski definition) is 2. The summed E-state index contributed by atoms with van der Waals surface area (Å²) in [6, 6.07) is 21.2. The van der Waals surface area contributed by atoms with Crippen LogP contribution < -0.4 is 15.4 Å². The van der Waals surface area contributed by atoms with Crippen LogP contribution in [0.15, 0.2) is 66.7 Å². The van der Waals surface area contributed by atoms with Crippen molar-refractivity contribution in [2.75, 3.05) is 17.2 Å². The summed E-state index contributed by atoms with van der Waals surface area (Å²) in [4.78, 5) is 12.5. The zero-order chi connectivity index (χ0) is 17.6. The largest absolute Gasteiger partial charge is 0.492 e. The summed E-state index contributed by atoms with van der Waals surface area (Å²) < 4.78 is 5.59. The van der Waals surface area contributed by atoms with Crippen LogP contribution in [0.1, 0.15) is 13.8 Å². The first kappa shape index (κ1) is 16.8. The third-order valence-electron chi connectivity index (χ3n) is 3.97. The fraction of sp³-hybridized carbons (Fsp3) is 0.190. The van der Waals surface area contributed by atoms with Crippen LogP contribution in [0.5, 0.6) is 5.75 Å². The van der Waals surface area contributed by atoms with E-state index >= 15 is 0 Å². The molecule has 0 saturated heterocycles. The molecule has 0 aliphatic carbocycles. The number of carbonyl (C=O) groups is 1. The van der Waals surface area contributed by atoms with E-state index in [-0.39, 0.29) is 5.91 Å². The lowest BCUT2D eigenvalue weighted by Gasteiger charge is -2.18. The molecule has 0 radical (unpaired) electrons. The van der Waals surface area contributed by atoms with E-state index in [9.17, 15) is 4.79 Å². The number of nitrogens with one attached hydrogen (secondary N) is 2. The number of hydrogen-bond acceptors (Lipinski definition) is 3. The van der Waals surface area contributed by atoms with Gasteiger partial charge in [-0.25, -0.2) is 0 Å². The molecule has 128 valence electrons. The van der Waals surface area contributed by atoms with Gasteiger partial charge in [0.25, 0.3) is 0 Å². The summed E-state index contributed by atoms with van der Waals surface area (Å²) in [5, 5.41) is 8.43. The van der Waals surface area contributed by atoms with Crippen LogP contribution in [-0.2, 0) is 4.79 Å². The molecule has 0 bridgehead atoms. The molecule has 4 nitrogen and oxygen atoms in total. The van der Waals surface area contributed by atoms with Gasteiger partial charge in [0, 0.05) is 5.69 Å². The lowest BCUT2D eigenvalue weighted by molar-refractivity contribution is -0.116. The molecule has 3 aromatic carbocycles. The lowest BCUT2D eigenvalue weighted by atomic mass is 10.1. The highest BCUT2D eigenvalue weighted by molar-refractivity contribution is 5.98. The molecule has 0 saturated carbocycles. The van der Waals surface area contributed by atoms with Gasteiger partial charge < -0.3 is 15.4 Å². The van der Waals surface area contributed by atoms with Gasteiger partial charge in [-0.3, -0.25) is 4.79 Å². The molecule has 3 rings (SSSR count). The second-order valence-electron chi connectivity index (χ2n) is 5.85. The summed E-state index contributed by atoms with van der Waals surface area (Å²) in [5.74, 6) is 0.650. The van der Waals surface area contributed by atoms with Gasteiger partial charge in [0.1, 0.15) is 11.8 Å². The number of anilines is 2. The number of amides is 1. The Labute approximate surface area is 147 Å². The fourth-order valence-electron chi connectivity index (χ4n) is 2.68. The Morgan fingerprint density at radius 2 is 1.72 bits per heavy atom. The summed E-state index contributed by atoms with van der Waals surface area (Å²) >= 11 is 0. The minimum Gasteiger partial charge on any atom is -0.492 e. The Balaban J connectivity index is 1.69. The maximum absolute atomic E-state index is 12.5. The van der Waals surface area contributed by atoms with E-state index < -0.39 is 6.04 Å². The molecule has 3 aromatic rings. The molecule has 0 fully saturated rings. The van der Waals surface area contributed by atoms with E-state index in [0.29, 0.717) is 6.61 Å². The summed E-state index contributed by atoms with van der Waals surface area (Å²) in [6.07, 6.45) is 0. The van der Waals surface area contributed by atoms with Crippen LogP contribution in [0.2, 0.25) is 0 Å². The maximum atomic E-state index is 12.5. The quantitative estimate of drug-likeness (QED) is 0.688. The van der Waals surface area contributed by atoms with Gasteiger partial charge in [0.05, 0.1) is 12.3 Å². The molecular formula is C21H22N2O2. The smallest absolute Gasteiger partial charge is 0.246 e. The van der Waals surface area contributed by atoms with Crippen LogP contribution >= 0.6 is 0 Å². The molecule has 0 aliphatic rings. The number of carbonyl (C=O) groups excluding carboxylic acids is 1. The second kappa shape index (κ2) is 7.71. The van der Waals surface area contributed by atoms with Crippen LogP contribution in [-0.4, -0.2) is 18.6 Å². The highest BCUT2D eigenvalue weighted by atomic mass is 16.5. The first-order valence-electron chi connectivity index (χ1n) is 8.45. The Morgan fingerprint density at radius 1 is 1.00 bits per heavy atom. The molecule has 2 N–H and O–H groups in total. The number of ether oxygens (including phenoxy) is 1. The van der Waals surface area contributed by atoms with Gasteiger partial charge >= 0.3 is 0 Å². The van der Waals surface area contributed by atoms with Crippen molar-refractivity contribution < 1.29 is 9.53 Å². The summed E-state index contributed by atoms with van der Waals surface area (Å²) in [5.41, 5.74) is 1.60. The van der Waals surface area contributed by atoms with Crippen molar-refractivity contribution in [2.24, 2.45) is 0 Å². The van der Waals surface area contributed by atoms with Crippen molar-refractivity contribution in [3.63, 3.8) is 0 Å². The van der Waals surface area contributed by atoms with Gasteiger partial charge in [-0.05, 0) is 48.9 Å². The molecule has 25 heavy (non-hydrogen) atoms. The van der Waals surface area contributed by atoms with Crippen molar-refractivity contribution in [1.82, 2.24) is 0 Å². The van der Waals surface area contributed by atoms with Crippen molar-refractivity contribution in [1.29, 1.82) is 0 Å². The third kappa shape index (κ3) is 4.10. The average molecular weight is 334 g/mol. The van der Waals surface area contributed by atoms with Crippen LogP contribution in [0.3, 0.4) is 0 Å². The van der Waals surface area contributed by atoms with Gasteiger partial charge in [0.15, 0.2) is 0 Å². The Kier molecular flexibility index (Phi) is 5.19. The molecule has 4 heteroatoms. The molecule has 0 aromatic heterocycles. The number of fused-ring (bicyclic) bond motifs is 1. The van der Waals surface area contributed by atoms with Crippen LogP contribution in [0.4, 0.5) is 11.4 Å². The normalized spacial score (nSPS) is 11.8. The van der Waals surface area contributed by atoms with Gasteiger partial charge in [-0.15, -0.1) is 0 Å². The van der Waals surface area contributed by atoms with E-state index in [1.807, 2.05) is 74.5 Å². The molecule has 0 heterocycles. The maximum Gasteiger partial charge on any atom is 0.246 e. The summed E-state index contributed by atoms with van der Waals surface area (Å²) in [6.45, 7) is 4.35. The van der Waals surface area contributed by atoms with Gasteiger partial charge in [-0.2, -0.15) is 0 Å². The fourth-order valence-corrected chi connectivity index (χ4v) is 2.68. The predicted octanol–water partition coefficient (Wildman–Crippen LogP) is 4.68. The van der Waals surface area contributed by atoms with E-state index in [4.69, 9.17) is 4.74 Å². The molecule has 0 aliphatic heterocycles. The summed E-state index contributed by atoms with van der Waals surface area (Å²) in [7, 11) is 0. The average Bonchev–Trinajstić information content (AvgIpc) is 2.63. The zero-order valence-electron chi connectivity index (χ0n) is 14.5. The lowest BCUT2D eigenvalue weighted by Crippen LogP contribution is -2.32. The SMILES string of the molecule is CCOc1ccccc1N[C@@H](C)C(=O)Nc1ccc2ccccc2c1. The Hall–Kier alpha value is -3.01. The topological polar surface area (TPSA) is 50.4 Å². The van der Waals surface area contributed by atoms with Crippen molar-refractivity contribution in [2.45, 2.75) is 19.9 Å². The molecule has 0 unspecified atom stereocenters. The first-order valence-corrected chi connectivity index (χ1v) is 8.45. The van der Waals surface area contributed by atoms with Crippen molar-refractivity contribution >= 4 is 28.1 Å². The van der Waals surface area contributed by atoms with E-state index in [2.05, 4.69) is 16.7 Å². The standard InChI is InChI=1S/C21H22N2O2/c1-3-25-20-11-7-6-10-19(20)22-15(2)21(24)23-18-13-12-16-8-4-5-9-17(16)14-18/h4-15,22H,3H2,1-2H3,(H,23,24)/t15-/m0/s1.